The van der Waals surface area contributed by atoms with Crippen LogP contribution in [0.5, 0.6) is 5.75 Å². The molecule has 1 aromatic rings. The first-order valence-corrected chi connectivity index (χ1v) is 12.4. The van der Waals surface area contributed by atoms with Crippen molar-refractivity contribution in [3.63, 3.8) is 0 Å². The summed E-state index contributed by atoms with van der Waals surface area (Å²) in [5.74, 6) is -56.3. The molecule has 0 saturated heterocycles. The number of alkyl halides is 18. The van der Waals surface area contributed by atoms with Gasteiger partial charge in [0.1, 0.15) is 5.75 Å². The zero-order chi connectivity index (χ0) is 30.9. The Bertz CT molecular complexity index is 950. The first kappa shape index (κ1) is 35.8. The van der Waals surface area contributed by atoms with Crippen LogP contribution >= 0.6 is 33.2 Å². The van der Waals surface area contributed by atoms with Crippen molar-refractivity contribution >= 4 is 33.2 Å². The van der Waals surface area contributed by atoms with Crippen LogP contribution in [-0.4, -0.2) is 59.5 Å². The van der Waals surface area contributed by atoms with Crippen molar-refractivity contribution in [2.45, 2.75) is 65.4 Å². The molecular formula is C18H12ClF17OS2. The van der Waals surface area contributed by atoms with Crippen molar-refractivity contribution < 1.29 is 79.4 Å². The van der Waals surface area contributed by atoms with E-state index in [0.717, 1.165) is 0 Å². The predicted octanol–water partition coefficient (Wildman–Crippen LogP) is 9.79. The standard InChI is InChI=1S/C18H12ClF17OS2/c19-8-38-39-10-4-2-9(3-5-10)37-7-1-6-11(20,21)12(22,23)13(24,25)14(26,27)15(28,29)16(30,31)17(32,33)18(34,35)36/h2-5H,1,6-8H2/i8+1. The minimum Gasteiger partial charge on any atom is -0.494 e. The van der Waals surface area contributed by atoms with E-state index >= 15 is 0 Å². The van der Waals surface area contributed by atoms with E-state index in [2.05, 4.69) is 0 Å². The van der Waals surface area contributed by atoms with Gasteiger partial charge in [0.2, 0.25) is 0 Å². The number of benzene rings is 1. The molecule has 0 N–H and O–H groups in total. The van der Waals surface area contributed by atoms with E-state index in [-0.39, 0.29) is 11.0 Å². The second-order valence-corrected chi connectivity index (χ2v) is 10.3. The molecule has 1 aromatic carbocycles. The molecule has 0 aliphatic heterocycles. The lowest BCUT2D eigenvalue weighted by atomic mass is 9.88. The summed E-state index contributed by atoms with van der Waals surface area (Å²) < 4.78 is 230. The lowest BCUT2D eigenvalue weighted by molar-refractivity contribution is -0.461. The van der Waals surface area contributed by atoms with Crippen LogP contribution in [0, 0.1) is 0 Å². The average molecular weight is 668 g/mol. The van der Waals surface area contributed by atoms with Crippen molar-refractivity contribution in [3.05, 3.63) is 24.3 Å². The summed E-state index contributed by atoms with van der Waals surface area (Å²) in [5, 5.41) is 0.201. The van der Waals surface area contributed by atoms with Gasteiger partial charge in [-0.05, 0) is 30.7 Å². The van der Waals surface area contributed by atoms with Crippen molar-refractivity contribution in [2.75, 3.05) is 11.8 Å². The topological polar surface area (TPSA) is 9.23 Å². The molecule has 0 heterocycles. The molecule has 1 nitrogen and oxygen atoms in total. The van der Waals surface area contributed by atoms with Crippen LogP contribution in [0.4, 0.5) is 74.6 Å². The number of hydrogen-bond donors (Lipinski definition) is 0. The fraction of sp³-hybridized carbons (Fsp3) is 0.667. The molecule has 0 unspecified atom stereocenters. The third kappa shape index (κ3) is 6.35. The molecule has 0 bridgehead atoms. The number of ether oxygens (including phenoxy) is 1. The monoisotopic (exact) mass is 667 g/mol. The molecule has 0 spiro atoms. The van der Waals surface area contributed by atoms with Gasteiger partial charge in [0, 0.05) is 11.3 Å². The van der Waals surface area contributed by atoms with Gasteiger partial charge in [-0.1, -0.05) is 21.6 Å². The van der Waals surface area contributed by atoms with Crippen LogP contribution in [0.3, 0.4) is 0 Å². The molecule has 1 rings (SSSR count). The molecule has 21 heteroatoms. The second kappa shape index (κ2) is 11.6. The summed E-state index contributed by atoms with van der Waals surface area (Å²) in [6.07, 6.45) is -11.7. The van der Waals surface area contributed by atoms with Crippen LogP contribution in [-0.2, 0) is 0 Å². The van der Waals surface area contributed by atoms with Crippen LogP contribution < -0.4 is 4.74 Å². The summed E-state index contributed by atoms with van der Waals surface area (Å²) >= 11 is 5.44. The first-order valence-electron chi connectivity index (χ1n) is 9.56. The normalized spacial score (nSPS) is 15.0. The maximum Gasteiger partial charge on any atom is 0.460 e. The smallest absolute Gasteiger partial charge is 0.460 e. The van der Waals surface area contributed by atoms with Crippen LogP contribution in [0.25, 0.3) is 0 Å². The molecule has 228 valence electrons. The predicted molar refractivity (Wildman–Crippen MR) is 106 cm³/mol. The highest BCUT2D eigenvalue weighted by molar-refractivity contribution is 8.77. The van der Waals surface area contributed by atoms with Gasteiger partial charge in [-0.15, -0.1) is 11.6 Å². The Morgan fingerprint density at radius 2 is 1.00 bits per heavy atom. The van der Waals surface area contributed by atoms with Crippen molar-refractivity contribution in [3.8, 4) is 5.75 Å². The lowest BCUT2D eigenvalue weighted by Gasteiger charge is -2.42. The highest BCUT2D eigenvalue weighted by Crippen LogP contribution is 2.64. The summed E-state index contributed by atoms with van der Waals surface area (Å²) in [5.41, 5.74) is 0. The van der Waals surface area contributed by atoms with Gasteiger partial charge >= 0.3 is 47.6 Å². The molecule has 0 atom stereocenters. The second-order valence-electron chi connectivity index (χ2n) is 7.38. The Labute approximate surface area is 220 Å². The van der Waals surface area contributed by atoms with Crippen LogP contribution in [0.1, 0.15) is 12.8 Å². The quantitative estimate of drug-likeness (QED) is 0.0643. The zero-order valence-corrected chi connectivity index (χ0v) is 20.6. The Kier molecular flexibility index (Phi) is 10.7. The molecule has 0 fully saturated rings. The van der Waals surface area contributed by atoms with Crippen LogP contribution in [0.15, 0.2) is 29.2 Å². The van der Waals surface area contributed by atoms with E-state index in [1.54, 1.807) is 0 Å². The Morgan fingerprint density at radius 3 is 1.41 bits per heavy atom. The van der Waals surface area contributed by atoms with Gasteiger partial charge in [0.05, 0.1) is 11.8 Å². The molecule has 0 aliphatic rings. The van der Waals surface area contributed by atoms with Gasteiger partial charge in [-0.3, -0.25) is 0 Å². The maximum atomic E-state index is 13.8. The molecule has 0 aromatic heterocycles. The first-order chi connectivity index (χ1) is 17.3. The lowest BCUT2D eigenvalue weighted by Crippen LogP contribution is -2.74. The maximum absolute atomic E-state index is 13.8. The van der Waals surface area contributed by atoms with E-state index < -0.39 is 67.1 Å². The van der Waals surface area contributed by atoms with Crippen molar-refractivity contribution in [2.24, 2.45) is 0 Å². The molecular weight excluding hydrogens is 656 g/mol. The number of halogens is 18. The molecule has 39 heavy (non-hydrogen) atoms. The van der Waals surface area contributed by atoms with E-state index in [4.69, 9.17) is 16.3 Å². The summed E-state index contributed by atoms with van der Waals surface area (Å²) in [7, 11) is 2.39. The van der Waals surface area contributed by atoms with Gasteiger partial charge in [-0.25, -0.2) is 0 Å². The fourth-order valence-electron chi connectivity index (χ4n) is 2.52. The summed E-state index contributed by atoms with van der Waals surface area (Å²) in [6, 6.07) is 5.25. The minimum atomic E-state index is -8.63. The van der Waals surface area contributed by atoms with Crippen LogP contribution in [0.2, 0.25) is 0 Å². The number of rotatable bonds is 14. The third-order valence-electron chi connectivity index (χ3n) is 4.71. The molecule has 0 aliphatic carbocycles. The van der Waals surface area contributed by atoms with E-state index in [9.17, 15) is 74.6 Å². The largest absolute Gasteiger partial charge is 0.494 e. The minimum absolute atomic E-state index is 0.102. The van der Waals surface area contributed by atoms with E-state index in [1.807, 2.05) is 0 Å². The van der Waals surface area contributed by atoms with Crippen molar-refractivity contribution in [1.29, 1.82) is 0 Å². The van der Waals surface area contributed by atoms with Gasteiger partial charge in [0.15, 0.2) is 0 Å². The van der Waals surface area contributed by atoms with Gasteiger partial charge in [0.25, 0.3) is 0 Å². The molecule has 0 amide bonds. The third-order valence-corrected chi connectivity index (χ3v) is 7.39. The highest BCUT2D eigenvalue weighted by atomic mass is 35.5. The zero-order valence-electron chi connectivity index (χ0n) is 18.2. The highest BCUT2D eigenvalue weighted by Gasteiger charge is 2.95. The average Bonchev–Trinajstić information content (AvgIpc) is 2.79. The summed E-state index contributed by atoms with van der Waals surface area (Å²) in [6.45, 7) is -0.997. The van der Waals surface area contributed by atoms with Gasteiger partial charge in [-0.2, -0.15) is 74.6 Å². The van der Waals surface area contributed by atoms with Crippen molar-refractivity contribution in [1.82, 2.24) is 0 Å². The van der Waals surface area contributed by atoms with E-state index in [0.29, 0.717) is 4.90 Å². The fourth-order valence-corrected chi connectivity index (χ4v) is 4.22. The van der Waals surface area contributed by atoms with E-state index in [1.165, 1.54) is 45.9 Å². The van der Waals surface area contributed by atoms with Gasteiger partial charge < -0.3 is 4.74 Å². The Balaban J connectivity index is 3.11. The molecule has 0 saturated carbocycles. The SMILES string of the molecule is FC(F)(F)C(F)(F)C(F)(F)C(F)(F)C(F)(F)C(F)(F)C(F)(F)C(F)(F)CCCOc1ccc(SS[13CH2]Cl)cc1. The molecule has 0 radical (unpaired) electrons. The Hall–Kier alpha value is -1.18. The number of hydrogen-bond acceptors (Lipinski definition) is 3. The summed E-state index contributed by atoms with van der Waals surface area (Å²) in [4.78, 5) is 0.609. The Morgan fingerprint density at radius 1 is 0.590 bits per heavy atom.